The van der Waals surface area contributed by atoms with Crippen LogP contribution in [0.1, 0.15) is 64.1 Å². The minimum atomic E-state index is -1.25. The molecule has 0 saturated carbocycles. The van der Waals surface area contributed by atoms with Gasteiger partial charge in [0.05, 0.1) is 0 Å². The van der Waals surface area contributed by atoms with E-state index in [1.807, 2.05) is 84.9 Å². The molecular weight excluding hydrogens is 689 g/mol. The van der Waals surface area contributed by atoms with Gasteiger partial charge < -0.3 is 35.7 Å². The van der Waals surface area contributed by atoms with Crippen molar-refractivity contribution in [1.82, 2.24) is 0 Å². The van der Waals surface area contributed by atoms with Gasteiger partial charge >= 0.3 is 0 Å². The zero-order chi connectivity index (χ0) is 38.7. The van der Waals surface area contributed by atoms with Gasteiger partial charge in [0.2, 0.25) is 0 Å². The highest BCUT2D eigenvalue weighted by Gasteiger charge is 2.60. The minimum Gasteiger partial charge on any atom is -0.508 e. The molecule has 0 aromatic heterocycles. The standard InChI is InChI=1S/C48H42O7/c1-31(32-2-16-39(49)17-3-32)30-47(35-8-22-42(52)23-9-35,36-10-24-43(53)25-11-36)48(37-12-26-44(54)27-13-37,38-14-28-45(55)29-15-38)46(33-4-18-40(50)19-5-33)34-6-20-41(51)21-7-34/h2-29,31,46,49-55H,30H2,1H3. The van der Waals surface area contributed by atoms with Crippen molar-refractivity contribution in [3.8, 4) is 40.2 Å². The Kier molecular flexibility index (Phi) is 9.87. The zero-order valence-corrected chi connectivity index (χ0v) is 30.2. The number of phenolic OH excluding ortho intramolecular Hbond substituents is 7. The molecule has 0 fully saturated rings. The molecule has 0 aliphatic heterocycles. The Morgan fingerprint density at radius 3 is 0.855 bits per heavy atom. The van der Waals surface area contributed by atoms with E-state index >= 15 is 0 Å². The predicted molar refractivity (Wildman–Crippen MR) is 213 cm³/mol. The number of hydrogen-bond donors (Lipinski definition) is 7. The van der Waals surface area contributed by atoms with Crippen LogP contribution >= 0.6 is 0 Å². The molecular formula is C48H42O7. The van der Waals surface area contributed by atoms with Gasteiger partial charge in [-0.1, -0.05) is 91.9 Å². The molecule has 1 atom stereocenters. The van der Waals surface area contributed by atoms with Gasteiger partial charge in [0.25, 0.3) is 0 Å². The van der Waals surface area contributed by atoms with Crippen LogP contribution in [0.15, 0.2) is 170 Å². The summed E-state index contributed by atoms with van der Waals surface area (Å²) >= 11 is 0. The van der Waals surface area contributed by atoms with Crippen LogP contribution in [0.25, 0.3) is 0 Å². The van der Waals surface area contributed by atoms with Gasteiger partial charge in [0.1, 0.15) is 40.2 Å². The Labute approximate surface area is 320 Å². The molecule has 276 valence electrons. The highest BCUT2D eigenvalue weighted by molar-refractivity contribution is 5.63. The van der Waals surface area contributed by atoms with Crippen molar-refractivity contribution in [2.24, 2.45) is 0 Å². The van der Waals surface area contributed by atoms with Crippen LogP contribution in [0.2, 0.25) is 0 Å². The first-order valence-electron chi connectivity index (χ1n) is 18.1. The summed E-state index contributed by atoms with van der Waals surface area (Å²) in [5.41, 5.74) is 3.35. The van der Waals surface area contributed by atoms with E-state index in [0.29, 0.717) is 6.42 Å². The molecule has 7 aromatic carbocycles. The van der Waals surface area contributed by atoms with E-state index in [1.165, 1.54) is 0 Å². The van der Waals surface area contributed by atoms with E-state index in [2.05, 4.69) is 6.92 Å². The van der Waals surface area contributed by atoms with Gasteiger partial charge in [0, 0.05) is 16.7 Å². The van der Waals surface area contributed by atoms with Crippen molar-refractivity contribution in [3.05, 3.63) is 209 Å². The second kappa shape index (κ2) is 14.9. The molecule has 0 aliphatic rings. The van der Waals surface area contributed by atoms with Crippen LogP contribution in [0.4, 0.5) is 0 Å². The molecule has 55 heavy (non-hydrogen) atoms. The van der Waals surface area contributed by atoms with Crippen LogP contribution in [-0.4, -0.2) is 35.7 Å². The lowest BCUT2D eigenvalue weighted by atomic mass is 9.43. The lowest BCUT2D eigenvalue weighted by Gasteiger charge is -2.57. The summed E-state index contributed by atoms with van der Waals surface area (Å²) in [5, 5.41) is 74.7. The third kappa shape index (κ3) is 6.77. The van der Waals surface area contributed by atoms with E-state index in [9.17, 15) is 35.7 Å². The van der Waals surface area contributed by atoms with E-state index in [-0.39, 0.29) is 46.2 Å². The maximum atomic E-state index is 10.8. The molecule has 7 nitrogen and oxygen atoms in total. The number of hydrogen-bond acceptors (Lipinski definition) is 7. The smallest absolute Gasteiger partial charge is 0.115 e. The van der Waals surface area contributed by atoms with Crippen molar-refractivity contribution in [2.45, 2.75) is 36.0 Å². The molecule has 0 heterocycles. The van der Waals surface area contributed by atoms with Crippen LogP contribution in [0, 0.1) is 0 Å². The monoisotopic (exact) mass is 730 g/mol. The van der Waals surface area contributed by atoms with Crippen LogP contribution < -0.4 is 0 Å². The maximum Gasteiger partial charge on any atom is 0.115 e. The number of benzene rings is 7. The maximum absolute atomic E-state index is 10.8. The molecule has 0 amide bonds. The highest BCUT2D eigenvalue weighted by Crippen LogP contribution is 2.64. The summed E-state index contributed by atoms with van der Waals surface area (Å²) in [6.45, 7) is 2.12. The molecule has 7 rings (SSSR count). The second-order valence-electron chi connectivity index (χ2n) is 14.2. The summed E-state index contributed by atoms with van der Waals surface area (Å²) in [4.78, 5) is 0. The first kappa shape index (κ1) is 36.5. The molecule has 0 bridgehead atoms. The largest absolute Gasteiger partial charge is 0.508 e. The van der Waals surface area contributed by atoms with Crippen LogP contribution in [0.5, 0.6) is 40.2 Å². The molecule has 0 radical (unpaired) electrons. The molecule has 7 aromatic rings. The van der Waals surface area contributed by atoms with Crippen molar-refractivity contribution >= 4 is 0 Å². The van der Waals surface area contributed by atoms with Crippen LogP contribution in [0.3, 0.4) is 0 Å². The molecule has 0 spiro atoms. The van der Waals surface area contributed by atoms with Crippen LogP contribution in [-0.2, 0) is 10.8 Å². The summed E-state index contributed by atoms with van der Waals surface area (Å²) in [7, 11) is 0. The minimum absolute atomic E-state index is 0.0616. The molecule has 7 heteroatoms. The Bertz CT molecular complexity index is 2200. The highest BCUT2D eigenvalue weighted by atomic mass is 16.3. The Balaban J connectivity index is 1.76. The average molecular weight is 731 g/mol. The second-order valence-corrected chi connectivity index (χ2v) is 14.2. The fourth-order valence-electron chi connectivity index (χ4n) is 8.60. The summed E-state index contributed by atoms with van der Waals surface area (Å²) in [6, 6.07) is 49.7. The van der Waals surface area contributed by atoms with Gasteiger partial charge in [0.15, 0.2) is 0 Å². The topological polar surface area (TPSA) is 142 Å². The summed E-state index contributed by atoms with van der Waals surface area (Å²) < 4.78 is 0. The average Bonchev–Trinajstić information content (AvgIpc) is 3.19. The quantitative estimate of drug-likeness (QED) is 0.0703. The van der Waals surface area contributed by atoms with Crippen molar-refractivity contribution < 1.29 is 35.7 Å². The first-order valence-corrected chi connectivity index (χ1v) is 18.1. The van der Waals surface area contributed by atoms with Crippen molar-refractivity contribution in [3.63, 3.8) is 0 Å². The number of phenols is 7. The molecule has 1 unspecified atom stereocenters. The Morgan fingerprint density at radius 2 is 0.564 bits per heavy atom. The third-order valence-corrected chi connectivity index (χ3v) is 11.0. The first-order chi connectivity index (χ1) is 26.5. The van der Waals surface area contributed by atoms with Gasteiger partial charge in [-0.25, -0.2) is 0 Å². The predicted octanol–water partition coefficient (Wildman–Crippen LogP) is 9.92. The summed E-state index contributed by atoms with van der Waals surface area (Å²) in [6.07, 6.45) is 0.405. The van der Waals surface area contributed by atoms with Crippen molar-refractivity contribution in [1.29, 1.82) is 0 Å². The third-order valence-electron chi connectivity index (χ3n) is 11.0. The molecule has 0 saturated heterocycles. The fraction of sp³-hybridized carbons (Fsp3) is 0.125. The lowest BCUT2D eigenvalue weighted by Crippen LogP contribution is -2.55. The van der Waals surface area contributed by atoms with Gasteiger partial charge in [-0.2, -0.15) is 0 Å². The van der Waals surface area contributed by atoms with E-state index < -0.39 is 16.7 Å². The number of rotatable bonds is 11. The summed E-state index contributed by atoms with van der Waals surface area (Å²) in [5.74, 6) is -0.254. The number of aromatic hydroxyl groups is 7. The Hall–Kier alpha value is -6.86. The lowest BCUT2D eigenvalue weighted by molar-refractivity contribution is 0.244. The van der Waals surface area contributed by atoms with E-state index in [1.54, 1.807) is 84.9 Å². The van der Waals surface area contributed by atoms with Gasteiger partial charge in [-0.15, -0.1) is 0 Å². The van der Waals surface area contributed by atoms with Gasteiger partial charge in [-0.05, 0) is 136 Å². The Morgan fingerprint density at radius 1 is 0.327 bits per heavy atom. The van der Waals surface area contributed by atoms with E-state index in [0.717, 1.165) is 38.9 Å². The van der Waals surface area contributed by atoms with E-state index in [4.69, 9.17) is 0 Å². The zero-order valence-electron chi connectivity index (χ0n) is 30.2. The molecule has 7 N–H and O–H groups in total. The SMILES string of the molecule is CC(CC(c1ccc(O)cc1)(c1ccc(O)cc1)C(c1ccc(O)cc1)(c1ccc(O)cc1)C(c1ccc(O)cc1)c1ccc(O)cc1)c1ccc(O)cc1. The normalized spacial score (nSPS) is 12.4. The van der Waals surface area contributed by atoms with Gasteiger partial charge in [-0.3, -0.25) is 0 Å². The fourth-order valence-corrected chi connectivity index (χ4v) is 8.60. The van der Waals surface area contributed by atoms with Crippen molar-refractivity contribution in [2.75, 3.05) is 0 Å². The molecule has 0 aliphatic carbocycles.